The van der Waals surface area contributed by atoms with Crippen LogP contribution >= 0.6 is 0 Å². The molecule has 0 unspecified atom stereocenters. The zero-order valence-electron chi connectivity index (χ0n) is 15.2. The highest BCUT2D eigenvalue weighted by atomic mass is 16.5. The summed E-state index contributed by atoms with van der Waals surface area (Å²) in [7, 11) is 3.07. The summed E-state index contributed by atoms with van der Waals surface area (Å²) in [6.45, 7) is 0.135. The van der Waals surface area contributed by atoms with Gasteiger partial charge < -0.3 is 14.6 Å². The van der Waals surface area contributed by atoms with Gasteiger partial charge in [-0.05, 0) is 18.2 Å². The highest BCUT2D eigenvalue weighted by molar-refractivity contribution is 5.87. The van der Waals surface area contributed by atoms with E-state index in [1.165, 1.54) is 11.8 Å². The van der Waals surface area contributed by atoms with E-state index in [4.69, 9.17) is 14.7 Å². The number of pyridine rings is 2. The van der Waals surface area contributed by atoms with Crippen molar-refractivity contribution in [2.45, 2.75) is 6.54 Å². The summed E-state index contributed by atoms with van der Waals surface area (Å²) in [4.78, 5) is 8.87. The second-order valence-electron chi connectivity index (χ2n) is 5.94. The Labute approximate surface area is 160 Å². The molecule has 0 atom stereocenters. The molecular weight excluding hydrogens is 360 g/mol. The number of ether oxygens (including phenoxy) is 2. The molecule has 0 aliphatic rings. The SMILES string of the molecule is COc1cc(-c2ccc3c(O)n(-c4cnn(CC#N)c4)cc3n2)cnc1OC. The molecule has 9 heteroatoms. The third-order valence-electron chi connectivity index (χ3n) is 4.30. The third kappa shape index (κ3) is 2.87. The maximum absolute atomic E-state index is 10.6. The van der Waals surface area contributed by atoms with E-state index in [9.17, 15) is 5.11 Å². The Morgan fingerprint density at radius 2 is 2.04 bits per heavy atom. The summed E-state index contributed by atoms with van der Waals surface area (Å²) in [5.74, 6) is 0.953. The molecule has 0 bridgehead atoms. The molecule has 1 N–H and O–H groups in total. The van der Waals surface area contributed by atoms with Crippen molar-refractivity contribution in [1.29, 1.82) is 5.26 Å². The molecule has 0 amide bonds. The average Bonchev–Trinajstić information content (AvgIpc) is 3.31. The maximum atomic E-state index is 10.6. The van der Waals surface area contributed by atoms with Crippen LogP contribution < -0.4 is 9.47 Å². The molecule has 4 heterocycles. The van der Waals surface area contributed by atoms with E-state index in [0.717, 1.165) is 5.56 Å². The summed E-state index contributed by atoms with van der Waals surface area (Å²) < 4.78 is 13.5. The van der Waals surface area contributed by atoms with Gasteiger partial charge in [0.2, 0.25) is 5.88 Å². The minimum Gasteiger partial charge on any atom is -0.494 e. The molecular formula is C19H16N6O3. The molecule has 0 fully saturated rings. The second kappa shape index (κ2) is 6.92. The van der Waals surface area contributed by atoms with Crippen molar-refractivity contribution in [3.8, 4) is 40.5 Å². The fraction of sp³-hybridized carbons (Fsp3) is 0.158. The molecule has 0 saturated carbocycles. The molecule has 0 aromatic carbocycles. The van der Waals surface area contributed by atoms with Crippen molar-refractivity contribution in [3.63, 3.8) is 0 Å². The summed E-state index contributed by atoms with van der Waals surface area (Å²) in [6.07, 6.45) is 6.63. The summed E-state index contributed by atoms with van der Waals surface area (Å²) in [6, 6.07) is 7.41. The standard InChI is InChI=1S/C19H16N6O3/c1-27-17-7-12(8-21-18(17)28-2)15-4-3-14-16(23-15)11-25(19(14)26)13-9-22-24(10-13)6-5-20/h3-4,7-11,26H,6H2,1-2H3. The van der Waals surface area contributed by atoms with Gasteiger partial charge in [-0.2, -0.15) is 10.4 Å². The van der Waals surface area contributed by atoms with E-state index in [2.05, 4.69) is 15.1 Å². The largest absolute Gasteiger partial charge is 0.494 e. The van der Waals surface area contributed by atoms with Crippen LogP contribution in [0.3, 0.4) is 0 Å². The second-order valence-corrected chi connectivity index (χ2v) is 5.94. The average molecular weight is 376 g/mol. The topological polar surface area (TPSA) is 111 Å². The van der Waals surface area contributed by atoms with Crippen LogP contribution in [0.4, 0.5) is 0 Å². The molecule has 0 spiro atoms. The maximum Gasteiger partial charge on any atom is 0.256 e. The minimum absolute atomic E-state index is 0.0518. The Morgan fingerprint density at radius 3 is 2.79 bits per heavy atom. The number of hydrogen-bond donors (Lipinski definition) is 1. The first-order chi connectivity index (χ1) is 13.6. The lowest BCUT2D eigenvalue weighted by atomic mass is 10.1. The van der Waals surface area contributed by atoms with Crippen molar-refractivity contribution in [1.82, 2.24) is 24.3 Å². The van der Waals surface area contributed by atoms with Gasteiger partial charge in [-0.15, -0.1) is 0 Å². The zero-order valence-corrected chi connectivity index (χ0v) is 15.2. The predicted molar refractivity (Wildman–Crippen MR) is 100 cm³/mol. The number of aromatic nitrogens is 5. The Kier molecular flexibility index (Phi) is 4.29. The molecule has 0 radical (unpaired) electrons. The van der Waals surface area contributed by atoms with Crippen LogP contribution in [0.2, 0.25) is 0 Å². The van der Waals surface area contributed by atoms with Crippen LogP contribution in [-0.4, -0.2) is 43.6 Å². The van der Waals surface area contributed by atoms with Crippen molar-refractivity contribution < 1.29 is 14.6 Å². The summed E-state index contributed by atoms with van der Waals surface area (Å²) >= 11 is 0. The highest BCUT2D eigenvalue weighted by Gasteiger charge is 2.15. The number of methoxy groups -OCH3 is 2. The van der Waals surface area contributed by atoms with Gasteiger partial charge in [-0.1, -0.05) is 0 Å². The molecule has 4 rings (SSSR count). The Balaban J connectivity index is 1.77. The number of fused-ring (bicyclic) bond motifs is 1. The Morgan fingerprint density at radius 1 is 1.18 bits per heavy atom. The number of rotatable bonds is 5. The summed E-state index contributed by atoms with van der Waals surface area (Å²) in [5.41, 5.74) is 2.69. The van der Waals surface area contributed by atoms with Gasteiger partial charge in [-0.25, -0.2) is 9.97 Å². The van der Waals surface area contributed by atoms with Gasteiger partial charge in [0, 0.05) is 18.0 Å². The van der Waals surface area contributed by atoms with Gasteiger partial charge in [0.15, 0.2) is 5.75 Å². The first kappa shape index (κ1) is 17.4. The highest BCUT2D eigenvalue weighted by Crippen LogP contribution is 2.33. The van der Waals surface area contributed by atoms with Gasteiger partial charge in [-0.3, -0.25) is 9.25 Å². The van der Waals surface area contributed by atoms with Gasteiger partial charge in [0.1, 0.15) is 6.54 Å². The van der Waals surface area contributed by atoms with Gasteiger partial charge in [0.25, 0.3) is 5.88 Å². The van der Waals surface area contributed by atoms with Crippen LogP contribution in [-0.2, 0) is 6.54 Å². The van der Waals surface area contributed by atoms with Gasteiger partial charge in [0.05, 0.1) is 55.0 Å². The number of hydrogen-bond acceptors (Lipinski definition) is 7. The quantitative estimate of drug-likeness (QED) is 0.570. The monoisotopic (exact) mass is 376 g/mol. The molecule has 9 nitrogen and oxygen atoms in total. The minimum atomic E-state index is 0.0518. The predicted octanol–water partition coefficient (Wildman–Crippen LogP) is 2.53. The first-order valence-electron chi connectivity index (χ1n) is 8.34. The summed E-state index contributed by atoms with van der Waals surface area (Å²) in [5, 5.41) is 24.0. The molecule has 28 heavy (non-hydrogen) atoms. The van der Waals surface area contributed by atoms with Crippen LogP contribution in [0.15, 0.2) is 43.0 Å². The van der Waals surface area contributed by atoms with E-state index in [1.54, 1.807) is 54.7 Å². The van der Waals surface area contributed by atoms with Crippen LogP contribution in [0, 0.1) is 11.3 Å². The lowest BCUT2D eigenvalue weighted by Crippen LogP contribution is -1.95. The lowest BCUT2D eigenvalue weighted by molar-refractivity contribution is 0.343. The van der Waals surface area contributed by atoms with E-state index in [0.29, 0.717) is 33.9 Å². The fourth-order valence-electron chi connectivity index (χ4n) is 2.94. The molecule has 140 valence electrons. The van der Waals surface area contributed by atoms with E-state index < -0.39 is 0 Å². The van der Waals surface area contributed by atoms with E-state index in [1.807, 2.05) is 6.07 Å². The first-order valence-corrected chi connectivity index (χ1v) is 8.34. The van der Waals surface area contributed by atoms with E-state index >= 15 is 0 Å². The number of aromatic hydroxyl groups is 1. The Bertz CT molecular complexity index is 1200. The van der Waals surface area contributed by atoms with Crippen molar-refractivity contribution in [2.24, 2.45) is 0 Å². The molecule has 4 aromatic heterocycles. The fourth-order valence-corrected chi connectivity index (χ4v) is 2.94. The number of nitrogens with zero attached hydrogens (tertiary/aromatic N) is 6. The van der Waals surface area contributed by atoms with Crippen LogP contribution in [0.5, 0.6) is 17.5 Å². The van der Waals surface area contributed by atoms with Crippen LogP contribution in [0.25, 0.3) is 27.8 Å². The van der Waals surface area contributed by atoms with Crippen molar-refractivity contribution in [3.05, 3.63) is 43.0 Å². The Hall–Kier alpha value is -4.06. The van der Waals surface area contributed by atoms with E-state index in [-0.39, 0.29) is 12.4 Å². The smallest absolute Gasteiger partial charge is 0.256 e. The normalized spacial score (nSPS) is 10.8. The van der Waals surface area contributed by atoms with Crippen molar-refractivity contribution >= 4 is 10.9 Å². The molecule has 4 aromatic rings. The number of nitriles is 1. The lowest BCUT2D eigenvalue weighted by Gasteiger charge is -2.08. The van der Waals surface area contributed by atoms with Gasteiger partial charge >= 0.3 is 0 Å². The van der Waals surface area contributed by atoms with Crippen molar-refractivity contribution in [2.75, 3.05) is 14.2 Å². The molecule has 0 aliphatic carbocycles. The third-order valence-corrected chi connectivity index (χ3v) is 4.30. The molecule has 0 saturated heterocycles. The molecule has 0 aliphatic heterocycles. The zero-order chi connectivity index (χ0) is 19.7. The van der Waals surface area contributed by atoms with Crippen LogP contribution in [0.1, 0.15) is 0 Å².